The number of benzene rings is 2. The van der Waals surface area contributed by atoms with Crippen molar-refractivity contribution in [2.45, 2.75) is 31.7 Å². The molecule has 140 valence electrons. The molecule has 1 aromatic heterocycles. The van der Waals surface area contributed by atoms with Crippen molar-refractivity contribution in [1.29, 1.82) is 0 Å². The molecule has 2 heterocycles. The van der Waals surface area contributed by atoms with Gasteiger partial charge < -0.3 is 9.84 Å². The first-order valence-electron chi connectivity index (χ1n) is 9.28. The second-order valence-electron chi connectivity index (χ2n) is 6.83. The molecular weight excluding hydrogens is 360 g/mol. The third kappa shape index (κ3) is 4.28. The van der Waals surface area contributed by atoms with Gasteiger partial charge in [-0.25, -0.2) is 4.98 Å². The van der Waals surface area contributed by atoms with Crippen LogP contribution in [0.3, 0.4) is 0 Å². The maximum Gasteiger partial charge on any atom is 0.320 e. The van der Waals surface area contributed by atoms with E-state index < -0.39 is 5.97 Å². The van der Waals surface area contributed by atoms with Crippen LogP contribution in [0.15, 0.2) is 48.5 Å². The Bertz CT molecular complexity index is 890. The minimum Gasteiger partial charge on any atom is -0.480 e. The number of hydrogen-bond acceptors (Lipinski definition) is 5. The zero-order chi connectivity index (χ0) is 18.6. The van der Waals surface area contributed by atoms with Gasteiger partial charge >= 0.3 is 5.97 Å². The van der Waals surface area contributed by atoms with Crippen LogP contribution < -0.4 is 4.74 Å². The lowest BCUT2D eigenvalue weighted by atomic mass is 10.0. The number of aliphatic carboxylic acids is 1. The van der Waals surface area contributed by atoms with Crippen LogP contribution in [0, 0.1) is 0 Å². The van der Waals surface area contributed by atoms with E-state index in [4.69, 9.17) is 4.74 Å². The molecule has 1 N–H and O–H groups in total. The highest BCUT2D eigenvalue weighted by atomic mass is 32.1. The molecule has 27 heavy (non-hydrogen) atoms. The number of aromatic nitrogens is 1. The molecule has 3 aromatic rings. The topological polar surface area (TPSA) is 62.7 Å². The standard InChI is InChI=1S/C21H22N2O3S/c24-20(25)18-6-3-4-13-23(18)14-12-15-8-10-16(11-9-15)26-21-22-17-5-1-2-7-19(17)27-21/h1-2,5,7-11,18H,3-4,6,12-14H2,(H,24,25). The Morgan fingerprint density at radius 2 is 2.00 bits per heavy atom. The maximum atomic E-state index is 11.4. The van der Waals surface area contributed by atoms with Crippen molar-refractivity contribution in [3.63, 3.8) is 0 Å². The van der Waals surface area contributed by atoms with E-state index >= 15 is 0 Å². The SMILES string of the molecule is O=C(O)C1CCCCN1CCc1ccc(Oc2nc3ccccc3s2)cc1. The van der Waals surface area contributed by atoms with Gasteiger partial charge in [-0.1, -0.05) is 42.0 Å². The fraction of sp³-hybridized carbons (Fsp3) is 0.333. The molecule has 0 aliphatic carbocycles. The van der Waals surface area contributed by atoms with E-state index in [1.807, 2.05) is 48.5 Å². The third-order valence-electron chi connectivity index (χ3n) is 4.99. The average molecular weight is 382 g/mol. The summed E-state index contributed by atoms with van der Waals surface area (Å²) in [5, 5.41) is 10.0. The lowest BCUT2D eigenvalue weighted by Gasteiger charge is -2.32. The number of carboxylic acids is 1. The van der Waals surface area contributed by atoms with Gasteiger partial charge in [-0.2, -0.15) is 0 Å². The first kappa shape index (κ1) is 17.9. The summed E-state index contributed by atoms with van der Waals surface area (Å²) in [7, 11) is 0. The third-order valence-corrected chi connectivity index (χ3v) is 5.90. The predicted molar refractivity (Wildman–Crippen MR) is 107 cm³/mol. The van der Waals surface area contributed by atoms with E-state index in [1.54, 1.807) is 0 Å². The number of fused-ring (bicyclic) bond motifs is 1. The number of piperidine rings is 1. The lowest BCUT2D eigenvalue weighted by Crippen LogP contribution is -2.45. The molecule has 6 heteroatoms. The van der Waals surface area contributed by atoms with Crippen LogP contribution in [0.4, 0.5) is 0 Å². The van der Waals surface area contributed by atoms with Gasteiger partial charge in [-0.05, 0) is 55.6 Å². The summed E-state index contributed by atoms with van der Waals surface area (Å²) < 4.78 is 6.99. The van der Waals surface area contributed by atoms with Crippen LogP contribution in [-0.4, -0.2) is 40.1 Å². The summed E-state index contributed by atoms with van der Waals surface area (Å²) in [6, 6.07) is 15.6. The molecular formula is C21H22N2O3S. The van der Waals surface area contributed by atoms with Crippen molar-refractivity contribution in [3.05, 3.63) is 54.1 Å². The number of carboxylic acid groups (broad SMARTS) is 1. The highest BCUT2D eigenvalue weighted by Crippen LogP contribution is 2.31. The Labute approximate surface area is 162 Å². The van der Waals surface area contributed by atoms with E-state index in [1.165, 1.54) is 16.9 Å². The molecule has 1 aliphatic rings. The van der Waals surface area contributed by atoms with Crippen molar-refractivity contribution < 1.29 is 14.6 Å². The van der Waals surface area contributed by atoms with Gasteiger partial charge in [0.1, 0.15) is 11.8 Å². The second kappa shape index (κ2) is 8.06. The molecule has 1 aliphatic heterocycles. The maximum absolute atomic E-state index is 11.4. The molecule has 0 saturated carbocycles. The number of thiazole rings is 1. The van der Waals surface area contributed by atoms with Crippen molar-refractivity contribution in [2.24, 2.45) is 0 Å². The fourth-order valence-electron chi connectivity index (χ4n) is 3.53. The van der Waals surface area contributed by atoms with Crippen molar-refractivity contribution >= 4 is 27.5 Å². The molecule has 1 unspecified atom stereocenters. The molecule has 0 spiro atoms. The van der Waals surface area contributed by atoms with Crippen LogP contribution in [-0.2, 0) is 11.2 Å². The number of ether oxygens (including phenoxy) is 1. The smallest absolute Gasteiger partial charge is 0.320 e. The monoisotopic (exact) mass is 382 g/mol. The zero-order valence-electron chi connectivity index (χ0n) is 15.0. The Hall–Kier alpha value is -2.44. The van der Waals surface area contributed by atoms with Crippen molar-refractivity contribution in [2.75, 3.05) is 13.1 Å². The predicted octanol–water partition coefficient (Wildman–Crippen LogP) is 4.57. The van der Waals surface area contributed by atoms with Gasteiger partial charge in [0.2, 0.25) is 0 Å². The van der Waals surface area contributed by atoms with E-state index in [9.17, 15) is 9.90 Å². The van der Waals surface area contributed by atoms with Crippen molar-refractivity contribution in [3.8, 4) is 10.9 Å². The van der Waals surface area contributed by atoms with Crippen LogP contribution in [0.2, 0.25) is 0 Å². The molecule has 0 amide bonds. The number of likely N-dealkylation sites (tertiary alicyclic amines) is 1. The van der Waals surface area contributed by atoms with Gasteiger partial charge in [-0.3, -0.25) is 9.69 Å². The van der Waals surface area contributed by atoms with Gasteiger partial charge in [0.15, 0.2) is 0 Å². The summed E-state index contributed by atoms with van der Waals surface area (Å²) in [6.45, 7) is 1.64. The van der Waals surface area contributed by atoms with E-state index in [2.05, 4.69) is 9.88 Å². The number of hydrogen-bond donors (Lipinski definition) is 1. The number of nitrogens with zero attached hydrogens (tertiary/aromatic N) is 2. The van der Waals surface area contributed by atoms with E-state index in [0.717, 1.165) is 54.7 Å². The van der Waals surface area contributed by atoms with Gasteiger partial charge in [0, 0.05) is 6.54 Å². The number of carbonyl (C=O) groups is 1. The minimum atomic E-state index is -0.700. The normalized spacial score (nSPS) is 17.9. The zero-order valence-corrected chi connectivity index (χ0v) is 15.8. The summed E-state index contributed by atoms with van der Waals surface area (Å²) >= 11 is 1.53. The molecule has 5 nitrogen and oxygen atoms in total. The first-order chi connectivity index (χ1) is 13.2. The van der Waals surface area contributed by atoms with Crippen LogP contribution in [0.1, 0.15) is 24.8 Å². The Morgan fingerprint density at radius 1 is 1.19 bits per heavy atom. The van der Waals surface area contributed by atoms with Gasteiger partial charge in [-0.15, -0.1) is 0 Å². The molecule has 2 aromatic carbocycles. The van der Waals surface area contributed by atoms with Crippen molar-refractivity contribution in [1.82, 2.24) is 9.88 Å². The molecule has 1 fully saturated rings. The minimum absolute atomic E-state index is 0.333. The summed E-state index contributed by atoms with van der Waals surface area (Å²) in [5.41, 5.74) is 2.13. The molecule has 1 atom stereocenters. The van der Waals surface area contributed by atoms with E-state index in [0.29, 0.717) is 5.19 Å². The molecule has 0 radical (unpaired) electrons. The van der Waals surface area contributed by atoms with E-state index in [-0.39, 0.29) is 6.04 Å². The highest BCUT2D eigenvalue weighted by molar-refractivity contribution is 7.20. The second-order valence-corrected chi connectivity index (χ2v) is 7.82. The first-order valence-corrected chi connectivity index (χ1v) is 10.1. The highest BCUT2D eigenvalue weighted by Gasteiger charge is 2.27. The summed E-state index contributed by atoms with van der Waals surface area (Å²) in [6.07, 6.45) is 3.68. The Balaban J connectivity index is 1.36. The lowest BCUT2D eigenvalue weighted by molar-refractivity contribution is -0.144. The number of para-hydroxylation sites is 1. The Morgan fingerprint density at radius 3 is 2.78 bits per heavy atom. The quantitative estimate of drug-likeness (QED) is 0.677. The largest absolute Gasteiger partial charge is 0.480 e. The van der Waals surface area contributed by atoms with Gasteiger partial charge in [0.05, 0.1) is 10.2 Å². The number of rotatable bonds is 6. The summed E-state index contributed by atoms with van der Waals surface area (Å²) in [4.78, 5) is 18.0. The average Bonchev–Trinajstić information content (AvgIpc) is 3.10. The summed E-state index contributed by atoms with van der Waals surface area (Å²) in [5.74, 6) is 0.0634. The van der Waals surface area contributed by atoms with Gasteiger partial charge in [0.25, 0.3) is 5.19 Å². The van der Waals surface area contributed by atoms with Crippen LogP contribution in [0.5, 0.6) is 10.9 Å². The Kier molecular flexibility index (Phi) is 5.36. The van der Waals surface area contributed by atoms with Crippen LogP contribution in [0.25, 0.3) is 10.2 Å². The molecule has 4 rings (SSSR count). The molecule has 0 bridgehead atoms. The fourth-order valence-corrected chi connectivity index (χ4v) is 4.37. The van der Waals surface area contributed by atoms with Crippen LogP contribution >= 0.6 is 11.3 Å². The molecule has 1 saturated heterocycles.